The molecule has 24 heavy (non-hydrogen) atoms. The molecule has 4 heterocycles. The summed E-state index contributed by atoms with van der Waals surface area (Å²) >= 11 is 3.12. The second-order valence-corrected chi connectivity index (χ2v) is 7.88. The number of carbonyl (C=O) groups is 1. The van der Waals surface area contributed by atoms with Crippen LogP contribution in [0, 0.1) is 13.8 Å². The van der Waals surface area contributed by atoms with Crippen LogP contribution in [0.3, 0.4) is 0 Å². The van der Waals surface area contributed by atoms with Gasteiger partial charge in [0, 0.05) is 12.6 Å². The van der Waals surface area contributed by atoms with Crippen molar-refractivity contribution in [3.63, 3.8) is 0 Å². The van der Waals surface area contributed by atoms with Crippen molar-refractivity contribution in [1.82, 2.24) is 15.0 Å². The molecule has 0 aromatic carbocycles. The first-order chi connectivity index (χ1) is 11.6. The fraction of sp³-hybridized carbons (Fsp3) is 0.353. The minimum atomic E-state index is -0.0228. The first kappa shape index (κ1) is 15.5. The summed E-state index contributed by atoms with van der Waals surface area (Å²) in [6, 6.07) is 5.94. The molecule has 0 bridgehead atoms. The lowest BCUT2D eigenvalue weighted by molar-refractivity contribution is 0.0718. The van der Waals surface area contributed by atoms with Crippen molar-refractivity contribution in [3.05, 3.63) is 45.6 Å². The Kier molecular flexibility index (Phi) is 3.97. The molecule has 1 amide bonds. The molecule has 1 aliphatic heterocycles. The summed E-state index contributed by atoms with van der Waals surface area (Å²) in [4.78, 5) is 21.4. The molecule has 1 saturated heterocycles. The third kappa shape index (κ3) is 2.67. The number of thiophene rings is 1. The highest BCUT2D eigenvalue weighted by atomic mass is 32.1. The normalized spacial score (nSPS) is 17.6. The van der Waals surface area contributed by atoms with Gasteiger partial charge in [0.15, 0.2) is 5.76 Å². The number of hydrogen-bond donors (Lipinski definition) is 0. The van der Waals surface area contributed by atoms with Gasteiger partial charge in [-0.3, -0.25) is 4.79 Å². The molecule has 0 unspecified atom stereocenters. The molecule has 3 aromatic heterocycles. The SMILES string of the molecule is Cc1cc([C@@H]2CCCN2C(=O)c2sc(-c3cccs3)nc2C)on1. The van der Waals surface area contributed by atoms with E-state index in [-0.39, 0.29) is 11.9 Å². The molecule has 7 heteroatoms. The summed E-state index contributed by atoms with van der Waals surface area (Å²) in [5.74, 6) is 0.823. The van der Waals surface area contributed by atoms with Gasteiger partial charge in [-0.1, -0.05) is 11.2 Å². The van der Waals surface area contributed by atoms with Gasteiger partial charge >= 0.3 is 0 Å². The summed E-state index contributed by atoms with van der Waals surface area (Å²) < 4.78 is 5.40. The van der Waals surface area contributed by atoms with Crippen LogP contribution in [0.5, 0.6) is 0 Å². The van der Waals surface area contributed by atoms with E-state index in [2.05, 4.69) is 10.1 Å². The fourth-order valence-corrected chi connectivity index (χ4v) is 4.90. The number of carbonyl (C=O) groups excluding carboxylic acids is 1. The summed E-state index contributed by atoms with van der Waals surface area (Å²) in [6.45, 7) is 4.55. The van der Waals surface area contributed by atoms with E-state index in [9.17, 15) is 4.79 Å². The number of aryl methyl sites for hydroxylation is 2. The first-order valence-electron chi connectivity index (χ1n) is 7.89. The van der Waals surface area contributed by atoms with Crippen LogP contribution < -0.4 is 0 Å². The average molecular weight is 359 g/mol. The number of likely N-dealkylation sites (tertiary alicyclic amines) is 1. The maximum Gasteiger partial charge on any atom is 0.266 e. The number of nitrogens with zero attached hydrogens (tertiary/aromatic N) is 3. The third-order valence-electron chi connectivity index (χ3n) is 4.21. The Morgan fingerprint density at radius 2 is 2.29 bits per heavy atom. The van der Waals surface area contributed by atoms with Crippen molar-refractivity contribution in [2.24, 2.45) is 0 Å². The molecule has 1 fully saturated rings. The van der Waals surface area contributed by atoms with E-state index in [1.807, 2.05) is 42.3 Å². The Labute approximate surface area is 147 Å². The first-order valence-corrected chi connectivity index (χ1v) is 9.58. The smallest absolute Gasteiger partial charge is 0.266 e. The summed E-state index contributed by atoms with van der Waals surface area (Å²) in [5, 5.41) is 6.90. The Balaban J connectivity index is 1.63. The van der Waals surface area contributed by atoms with E-state index in [4.69, 9.17) is 4.52 Å². The van der Waals surface area contributed by atoms with Crippen molar-refractivity contribution < 1.29 is 9.32 Å². The van der Waals surface area contributed by atoms with E-state index in [0.717, 1.165) is 51.3 Å². The van der Waals surface area contributed by atoms with Crippen LogP contribution in [0.1, 0.15) is 45.7 Å². The lowest BCUT2D eigenvalue weighted by Gasteiger charge is -2.22. The van der Waals surface area contributed by atoms with Gasteiger partial charge in [0.05, 0.1) is 22.3 Å². The number of thiazole rings is 1. The van der Waals surface area contributed by atoms with E-state index in [0.29, 0.717) is 0 Å². The molecule has 0 N–H and O–H groups in total. The highest BCUT2D eigenvalue weighted by molar-refractivity contribution is 7.22. The van der Waals surface area contributed by atoms with Gasteiger partial charge in [0.2, 0.25) is 0 Å². The van der Waals surface area contributed by atoms with Crippen LogP contribution in [0.4, 0.5) is 0 Å². The summed E-state index contributed by atoms with van der Waals surface area (Å²) in [5.41, 5.74) is 1.64. The van der Waals surface area contributed by atoms with Gasteiger partial charge in [0.1, 0.15) is 9.88 Å². The predicted molar refractivity (Wildman–Crippen MR) is 94.4 cm³/mol. The largest absolute Gasteiger partial charge is 0.359 e. The van der Waals surface area contributed by atoms with Crippen molar-refractivity contribution in [1.29, 1.82) is 0 Å². The number of aromatic nitrogens is 2. The van der Waals surface area contributed by atoms with Crippen molar-refractivity contribution >= 4 is 28.6 Å². The molecular weight excluding hydrogens is 342 g/mol. The van der Waals surface area contributed by atoms with Gasteiger partial charge in [0.25, 0.3) is 5.91 Å². The molecule has 0 aliphatic carbocycles. The van der Waals surface area contributed by atoms with Crippen molar-refractivity contribution in [3.8, 4) is 9.88 Å². The molecule has 1 aliphatic rings. The minimum absolute atomic E-state index is 0.0228. The molecule has 124 valence electrons. The monoisotopic (exact) mass is 359 g/mol. The highest BCUT2D eigenvalue weighted by Gasteiger charge is 2.34. The standard InChI is InChI=1S/C17H17N3O2S2/c1-10-9-13(22-19-10)12-5-3-7-20(12)17(21)15-11(2)18-16(24-15)14-6-4-8-23-14/h4,6,8-9,12H,3,5,7H2,1-2H3/t12-/m0/s1. The topological polar surface area (TPSA) is 59.2 Å². The molecular formula is C17H17N3O2S2. The number of hydrogen-bond acceptors (Lipinski definition) is 6. The van der Waals surface area contributed by atoms with Crippen LogP contribution >= 0.6 is 22.7 Å². The highest BCUT2D eigenvalue weighted by Crippen LogP contribution is 2.37. The molecule has 1 atom stereocenters. The lowest BCUT2D eigenvalue weighted by atomic mass is 10.1. The Bertz CT molecular complexity index is 866. The van der Waals surface area contributed by atoms with Crippen molar-refractivity contribution in [2.45, 2.75) is 32.7 Å². The lowest BCUT2D eigenvalue weighted by Crippen LogP contribution is -2.30. The third-order valence-corrected chi connectivity index (χ3v) is 6.40. The van der Waals surface area contributed by atoms with E-state index in [1.165, 1.54) is 11.3 Å². The number of rotatable bonds is 3. The summed E-state index contributed by atoms with van der Waals surface area (Å²) in [7, 11) is 0. The van der Waals surface area contributed by atoms with Gasteiger partial charge < -0.3 is 9.42 Å². The Morgan fingerprint density at radius 1 is 1.42 bits per heavy atom. The van der Waals surface area contributed by atoms with E-state index < -0.39 is 0 Å². The molecule has 3 aromatic rings. The van der Waals surface area contributed by atoms with Crippen LogP contribution in [0.15, 0.2) is 28.1 Å². The quantitative estimate of drug-likeness (QED) is 0.693. The second-order valence-electron chi connectivity index (χ2n) is 5.94. The number of amides is 1. The summed E-state index contributed by atoms with van der Waals surface area (Å²) in [6.07, 6.45) is 1.89. The molecule has 0 spiro atoms. The van der Waals surface area contributed by atoms with Crippen LogP contribution in [-0.2, 0) is 0 Å². The zero-order chi connectivity index (χ0) is 16.7. The van der Waals surface area contributed by atoms with Crippen molar-refractivity contribution in [2.75, 3.05) is 6.54 Å². The Morgan fingerprint density at radius 3 is 3.00 bits per heavy atom. The van der Waals surface area contributed by atoms with Crippen LogP contribution in [0.25, 0.3) is 9.88 Å². The van der Waals surface area contributed by atoms with Gasteiger partial charge in [-0.25, -0.2) is 4.98 Å². The molecule has 0 saturated carbocycles. The average Bonchev–Trinajstić information content (AvgIpc) is 3.33. The zero-order valence-corrected chi connectivity index (χ0v) is 15.1. The second kappa shape index (κ2) is 6.14. The Hall–Kier alpha value is -1.99. The van der Waals surface area contributed by atoms with Gasteiger partial charge in [-0.2, -0.15) is 0 Å². The van der Waals surface area contributed by atoms with Gasteiger partial charge in [-0.15, -0.1) is 22.7 Å². The zero-order valence-electron chi connectivity index (χ0n) is 13.5. The van der Waals surface area contributed by atoms with Crippen LogP contribution in [-0.4, -0.2) is 27.5 Å². The minimum Gasteiger partial charge on any atom is -0.359 e. The predicted octanol–water partition coefficient (Wildman–Crippen LogP) is 4.45. The van der Waals surface area contributed by atoms with E-state index in [1.54, 1.807) is 11.3 Å². The van der Waals surface area contributed by atoms with Gasteiger partial charge in [-0.05, 0) is 38.1 Å². The maximum atomic E-state index is 13.1. The molecule has 5 nitrogen and oxygen atoms in total. The van der Waals surface area contributed by atoms with Crippen LogP contribution in [0.2, 0.25) is 0 Å². The molecule has 4 rings (SSSR count). The van der Waals surface area contributed by atoms with E-state index >= 15 is 0 Å². The molecule has 0 radical (unpaired) electrons. The fourth-order valence-electron chi connectivity index (χ4n) is 3.08. The maximum absolute atomic E-state index is 13.1.